The van der Waals surface area contributed by atoms with E-state index in [1.165, 1.54) is 31.2 Å². The maximum atomic E-state index is 3.58. The van der Waals surface area contributed by atoms with Crippen LogP contribution in [0, 0.1) is 20.8 Å². The Morgan fingerprint density at radius 3 is 2.54 bits per heavy atom. The van der Waals surface area contributed by atoms with E-state index < -0.39 is 0 Å². The van der Waals surface area contributed by atoms with Crippen LogP contribution in [-0.4, -0.2) is 0 Å². The molecule has 0 atom stereocenters. The van der Waals surface area contributed by atoms with E-state index in [0.717, 1.165) is 0 Å². The largest absolute Gasteiger partial charge is 1.00 e. The Balaban J connectivity index is 0.000000845. The summed E-state index contributed by atoms with van der Waals surface area (Å²) in [5.74, 6) is 0. The zero-order valence-electron chi connectivity index (χ0n) is 8.36. The maximum Gasteiger partial charge on any atom is 1.00 e. The van der Waals surface area contributed by atoms with Crippen molar-refractivity contribution in [2.75, 3.05) is 0 Å². The third kappa shape index (κ3) is 1.89. The summed E-state index contributed by atoms with van der Waals surface area (Å²) in [6.45, 7) is 6.60. The number of hydrogen-bond donors (Lipinski definition) is 0. The average Bonchev–Trinajstić information content (AvgIpc) is 2.51. The first-order chi connectivity index (χ1) is 5.63. The first kappa shape index (κ1) is 12.5. The van der Waals surface area contributed by atoms with Crippen LogP contribution in [0.5, 0.6) is 0 Å². The van der Waals surface area contributed by atoms with Crippen LogP contribution in [0.1, 0.15) is 16.7 Å². The topological polar surface area (TPSA) is 0 Å². The van der Waals surface area contributed by atoms with Crippen LogP contribution in [0.2, 0.25) is 0 Å². The summed E-state index contributed by atoms with van der Waals surface area (Å²) >= 11 is 5.40. The van der Waals surface area contributed by atoms with Gasteiger partial charge in [0.2, 0.25) is 0 Å². The fraction of sp³-hybridized carbons (Fsp3) is 0.300. The van der Waals surface area contributed by atoms with E-state index in [1.54, 1.807) is 0 Å². The molecule has 0 amide bonds. The van der Waals surface area contributed by atoms with E-state index in [-0.39, 0.29) is 51.4 Å². The molecular formula is C10H10BrKS. The maximum absolute atomic E-state index is 3.58. The minimum atomic E-state index is 0. The number of fused-ring (bicyclic) bond motifs is 1. The van der Waals surface area contributed by atoms with Gasteiger partial charge < -0.3 is 0 Å². The van der Waals surface area contributed by atoms with E-state index in [9.17, 15) is 0 Å². The first-order valence-corrected chi connectivity index (χ1v) is 5.59. The summed E-state index contributed by atoms with van der Waals surface area (Å²) in [5.41, 5.74) is 4.31. The molecule has 13 heavy (non-hydrogen) atoms. The van der Waals surface area contributed by atoms with E-state index in [1.807, 2.05) is 11.3 Å². The molecule has 0 radical (unpaired) electrons. The Bertz CT molecular complexity index is 439. The average molecular weight is 281 g/mol. The van der Waals surface area contributed by atoms with Crippen molar-refractivity contribution in [2.45, 2.75) is 20.8 Å². The Labute approximate surface area is 134 Å². The van der Waals surface area contributed by atoms with Gasteiger partial charge in [0.1, 0.15) is 0 Å². The summed E-state index contributed by atoms with van der Waals surface area (Å²) in [5, 5.41) is 3.58. The molecule has 1 aromatic heterocycles. The molecule has 0 aliphatic heterocycles. The minimum Gasteiger partial charge on any atom is -0.189 e. The van der Waals surface area contributed by atoms with Crippen LogP contribution in [0.4, 0.5) is 0 Å². The zero-order chi connectivity index (χ0) is 8.88. The van der Waals surface area contributed by atoms with Crippen molar-refractivity contribution in [1.82, 2.24) is 0 Å². The molecule has 64 valence electrons. The van der Waals surface area contributed by atoms with Gasteiger partial charge >= 0.3 is 51.4 Å². The molecule has 0 aliphatic rings. The van der Waals surface area contributed by atoms with Crippen LogP contribution in [-0.2, 0) is 0 Å². The van der Waals surface area contributed by atoms with Crippen molar-refractivity contribution in [3.63, 3.8) is 0 Å². The Morgan fingerprint density at radius 2 is 2.00 bits per heavy atom. The molecule has 3 heteroatoms. The number of rotatable bonds is 0. The van der Waals surface area contributed by atoms with Gasteiger partial charge in [-0.2, -0.15) is 22.5 Å². The molecule has 0 bridgehead atoms. The second-order valence-electron chi connectivity index (χ2n) is 3.16. The van der Waals surface area contributed by atoms with Crippen molar-refractivity contribution in [3.8, 4) is 0 Å². The molecule has 0 nitrogen and oxygen atoms in total. The molecular weight excluding hydrogens is 271 g/mol. The molecule has 0 spiro atoms. The molecule has 2 rings (SSSR count). The fourth-order valence-corrected chi connectivity index (χ4v) is 3.56. The van der Waals surface area contributed by atoms with Gasteiger partial charge in [0.15, 0.2) is 0 Å². The minimum absolute atomic E-state index is 0. The van der Waals surface area contributed by atoms with Crippen LogP contribution < -0.4 is 51.4 Å². The van der Waals surface area contributed by atoms with Crippen LogP contribution in [0.25, 0.3) is 10.1 Å². The van der Waals surface area contributed by atoms with Crippen molar-refractivity contribution in [3.05, 3.63) is 26.5 Å². The van der Waals surface area contributed by atoms with Gasteiger partial charge in [-0.25, -0.2) is 0 Å². The summed E-state index contributed by atoms with van der Waals surface area (Å²) in [7, 11) is 0. The number of aryl methyl sites for hydroxylation is 2. The third-order valence-electron chi connectivity index (χ3n) is 2.59. The predicted octanol–water partition coefficient (Wildman–Crippen LogP) is 1.31. The monoisotopic (exact) mass is 280 g/mol. The van der Waals surface area contributed by atoms with E-state index in [0.29, 0.717) is 0 Å². The van der Waals surface area contributed by atoms with E-state index in [4.69, 9.17) is 0 Å². The summed E-state index contributed by atoms with van der Waals surface area (Å²) in [6, 6.07) is 0. The molecule has 0 saturated carbocycles. The number of hydrogen-bond acceptors (Lipinski definition) is 1. The van der Waals surface area contributed by atoms with Gasteiger partial charge in [-0.15, -0.1) is 10.9 Å². The molecule has 1 aromatic carbocycles. The predicted molar refractivity (Wildman–Crippen MR) is 59.3 cm³/mol. The van der Waals surface area contributed by atoms with E-state index >= 15 is 0 Å². The second kappa shape index (κ2) is 4.52. The van der Waals surface area contributed by atoms with Gasteiger partial charge in [-0.1, -0.05) is 41.4 Å². The standard InChI is InChI=1S/C10H10BrS.K/c1-5-6(2)9-8(11)4-12-10(9)7(5)3;/h4H,1-3H3;/q-1;+1. The van der Waals surface area contributed by atoms with Crippen molar-refractivity contribution < 1.29 is 51.4 Å². The van der Waals surface area contributed by atoms with Gasteiger partial charge in [0, 0.05) is 0 Å². The Kier molecular flexibility index (Phi) is 4.34. The Morgan fingerprint density at radius 1 is 1.38 bits per heavy atom. The van der Waals surface area contributed by atoms with Crippen molar-refractivity contribution in [1.29, 1.82) is 0 Å². The quantitative estimate of drug-likeness (QED) is 0.504. The molecule has 0 N–H and O–H groups in total. The van der Waals surface area contributed by atoms with E-state index in [2.05, 4.69) is 42.1 Å². The molecule has 2 aromatic rings. The number of thiophene rings is 1. The Hall–Kier alpha value is 1.43. The fourth-order valence-electron chi connectivity index (χ4n) is 1.60. The summed E-state index contributed by atoms with van der Waals surface area (Å²) in [4.78, 5) is 0. The molecule has 1 heterocycles. The van der Waals surface area contributed by atoms with Gasteiger partial charge in [-0.3, -0.25) is 0 Å². The zero-order valence-corrected chi connectivity index (χ0v) is 13.9. The summed E-state index contributed by atoms with van der Waals surface area (Å²) in [6.07, 6.45) is 0. The SMILES string of the molecule is Cc1c(C)[c-](C)c2scc(Br)c12.[K+]. The summed E-state index contributed by atoms with van der Waals surface area (Å²) < 4.78 is 2.69. The van der Waals surface area contributed by atoms with Gasteiger partial charge in [-0.05, 0) is 9.85 Å². The first-order valence-electron chi connectivity index (χ1n) is 3.92. The molecule has 0 saturated heterocycles. The third-order valence-corrected chi connectivity index (χ3v) is 4.61. The molecule has 0 unspecified atom stereocenters. The van der Waals surface area contributed by atoms with Crippen molar-refractivity contribution in [2.24, 2.45) is 0 Å². The second-order valence-corrected chi connectivity index (χ2v) is 4.90. The molecule has 0 fully saturated rings. The number of halogens is 1. The van der Waals surface area contributed by atoms with Crippen LogP contribution in [0.15, 0.2) is 9.85 Å². The van der Waals surface area contributed by atoms with Crippen LogP contribution in [0.3, 0.4) is 0 Å². The van der Waals surface area contributed by atoms with Gasteiger partial charge in [0.05, 0.1) is 0 Å². The van der Waals surface area contributed by atoms with Gasteiger partial charge in [0.25, 0.3) is 0 Å². The molecule has 0 aliphatic carbocycles. The van der Waals surface area contributed by atoms with Crippen LogP contribution >= 0.6 is 27.3 Å². The van der Waals surface area contributed by atoms with Crippen molar-refractivity contribution >= 4 is 37.4 Å². The normalized spacial score (nSPS) is 10.5. The smallest absolute Gasteiger partial charge is 0.189 e.